The van der Waals surface area contributed by atoms with Crippen LogP contribution in [0.4, 0.5) is 4.39 Å². The fourth-order valence-electron chi connectivity index (χ4n) is 2.52. The summed E-state index contributed by atoms with van der Waals surface area (Å²) in [5, 5.41) is 11.9. The molecule has 1 aliphatic rings. The van der Waals surface area contributed by atoms with E-state index in [9.17, 15) is 19.1 Å². The summed E-state index contributed by atoms with van der Waals surface area (Å²) in [6.07, 6.45) is 2.77. The lowest BCUT2D eigenvalue weighted by molar-refractivity contribution is -0.147. The summed E-state index contributed by atoms with van der Waals surface area (Å²) in [4.78, 5) is 23.7. The fourth-order valence-corrected chi connectivity index (χ4v) is 3.40. The minimum Gasteiger partial charge on any atom is -0.480 e. The maximum Gasteiger partial charge on any atom is 0.329 e. The van der Waals surface area contributed by atoms with Crippen molar-refractivity contribution in [2.24, 2.45) is 0 Å². The lowest BCUT2D eigenvalue weighted by Crippen LogP contribution is -2.52. The first-order chi connectivity index (χ1) is 10.0. The molecule has 0 aliphatic heterocycles. The zero-order valence-corrected chi connectivity index (χ0v) is 12.4. The van der Waals surface area contributed by atoms with Gasteiger partial charge < -0.3 is 10.4 Å². The molecule has 2 N–H and O–H groups in total. The lowest BCUT2D eigenvalue weighted by Gasteiger charge is -2.25. The minimum absolute atomic E-state index is 0.175. The second-order valence-corrected chi connectivity index (χ2v) is 6.31. The van der Waals surface area contributed by atoms with Crippen molar-refractivity contribution in [3.05, 3.63) is 30.1 Å². The smallest absolute Gasteiger partial charge is 0.329 e. The van der Waals surface area contributed by atoms with Gasteiger partial charge in [0.25, 0.3) is 0 Å². The van der Waals surface area contributed by atoms with Crippen LogP contribution in [0.2, 0.25) is 0 Å². The molecule has 4 nitrogen and oxygen atoms in total. The van der Waals surface area contributed by atoms with E-state index < -0.39 is 11.5 Å². The number of hydrogen-bond donors (Lipinski definition) is 2. The normalized spacial score (nSPS) is 16.6. The van der Waals surface area contributed by atoms with Crippen molar-refractivity contribution in [3.63, 3.8) is 0 Å². The molecule has 0 heterocycles. The average Bonchev–Trinajstić information content (AvgIpc) is 2.91. The standard InChI is InChI=1S/C15H18FNO3S/c16-11-5-1-2-6-12(11)21-10-7-13(18)17-15(14(19)20)8-3-4-9-15/h1-2,5-6H,3-4,7-10H2,(H,17,18)(H,19,20). The Hall–Kier alpha value is -1.56. The van der Waals surface area contributed by atoms with Crippen LogP contribution in [-0.2, 0) is 9.59 Å². The van der Waals surface area contributed by atoms with Gasteiger partial charge in [0, 0.05) is 17.1 Å². The van der Waals surface area contributed by atoms with Gasteiger partial charge in [-0.15, -0.1) is 11.8 Å². The number of carboxylic acid groups (broad SMARTS) is 1. The molecule has 0 radical (unpaired) electrons. The largest absolute Gasteiger partial charge is 0.480 e. The Morgan fingerprint density at radius 1 is 1.29 bits per heavy atom. The molecule has 2 rings (SSSR count). The number of hydrogen-bond acceptors (Lipinski definition) is 3. The molecule has 1 amide bonds. The Labute approximate surface area is 127 Å². The minimum atomic E-state index is -1.10. The molecule has 0 spiro atoms. The second kappa shape index (κ2) is 6.93. The van der Waals surface area contributed by atoms with Gasteiger partial charge in [-0.1, -0.05) is 25.0 Å². The van der Waals surface area contributed by atoms with Gasteiger partial charge in [0.05, 0.1) is 0 Å². The zero-order valence-electron chi connectivity index (χ0n) is 11.6. The third kappa shape index (κ3) is 3.97. The molecule has 1 aromatic carbocycles. The van der Waals surface area contributed by atoms with Crippen LogP contribution in [0.1, 0.15) is 32.1 Å². The fraction of sp³-hybridized carbons (Fsp3) is 0.467. The van der Waals surface area contributed by atoms with E-state index in [4.69, 9.17) is 0 Å². The van der Waals surface area contributed by atoms with Crippen LogP contribution >= 0.6 is 11.8 Å². The van der Waals surface area contributed by atoms with E-state index in [0.717, 1.165) is 12.8 Å². The molecular weight excluding hydrogens is 293 g/mol. The summed E-state index contributed by atoms with van der Waals surface area (Å²) in [6, 6.07) is 6.39. The molecule has 6 heteroatoms. The van der Waals surface area contributed by atoms with Gasteiger partial charge in [-0.05, 0) is 25.0 Å². The molecule has 0 bridgehead atoms. The first-order valence-corrected chi connectivity index (χ1v) is 7.94. The SMILES string of the molecule is O=C(CCSc1ccccc1F)NC1(C(=O)O)CCCC1. The number of carbonyl (C=O) groups is 2. The van der Waals surface area contributed by atoms with Gasteiger partial charge in [-0.25, -0.2) is 9.18 Å². The van der Waals surface area contributed by atoms with Crippen LogP contribution in [0, 0.1) is 5.82 Å². The molecule has 0 unspecified atom stereocenters. The molecule has 1 aliphatic carbocycles. The molecule has 21 heavy (non-hydrogen) atoms. The summed E-state index contributed by atoms with van der Waals surface area (Å²) < 4.78 is 13.4. The van der Waals surface area contributed by atoms with E-state index in [-0.39, 0.29) is 18.1 Å². The highest BCUT2D eigenvalue weighted by molar-refractivity contribution is 7.99. The summed E-state index contributed by atoms with van der Waals surface area (Å²) >= 11 is 1.26. The van der Waals surface area contributed by atoms with Crippen LogP contribution in [0.15, 0.2) is 29.2 Å². The Morgan fingerprint density at radius 2 is 1.95 bits per heavy atom. The van der Waals surface area contributed by atoms with Crippen molar-refractivity contribution in [2.75, 3.05) is 5.75 Å². The first kappa shape index (κ1) is 15.8. The van der Waals surface area contributed by atoms with Crippen molar-refractivity contribution in [1.82, 2.24) is 5.32 Å². The highest BCUT2D eigenvalue weighted by Gasteiger charge is 2.42. The van der Waals surface area contributed by atoms with Gasteiger partial charge in [-0.2, -0.15) is 0 Å². The third-order valence-electron chi connectivity index (χ3n) is 3.67. The number of aliphatic carboxylic acids is 1. The highest BCUT2D eigenvalue weighted by atomic mass is 32.2. The number of carbonyl (C=O) groups excluding carboxylic acids is 1. The van der Waals surface area contributed by atoms with Gasteiger partial charge >= 0.3 is 5.97 Å². The number of amides is 1. The first-order valence-electron chi connectivity index (χ1n) is 6.95. The molecule has 114 valence electrons. The van der Waals surface area contributed by atoms with Gasteiger partial charge in [-0.3, -0.25) is 4.79 Å². The maximum atomic E-state index is 13.4. The number of thioether (sulfide) groups is 1. The van der Waals surface area contributed by atoms with Crippen molar-refractivity contribution in [3.8, 4) is 0 Å². The third-order valence-corrected chi connectivity index (χ3v) is 4.72. The zero-order chi connectivity index (χ0) is 15.3. The van der Waals surface area contributed by atoms with Crippen LogP contribution in [-0.4, -0.2) is 28.3 Å². The van der Waals surface area contributed by atoms with Crippen molar-refractivity contribution in [2.45, 2.75) is 42.5 Å². The maximum absolute atomic E-state index is 13.4. The number of nitrogens with one attached hydrogen (secondary N) is 1. The van der Waals surface area contributed by atoms with E-state index in [1.54, 1.807) is 18.2 Å². The van der Waals surface area contributed by atoms with E-state index >= 15 is 0 Å². The Bertz CT molecular complexity index is 529. The molecule has 0 saturated heterocycles. The van der Waals surface area contributed by atoms with Crippen LogP contribution in [0.25, 0.3) is 0 Å². The summed E-state index contributed by atoms with van der Waals surface area (Å²) in [7, 11) is 0. The quantitative estimate of drug-likeness (QED) is 0.793. The summed E-state index contributed by atoms with van der Waals surface area (Å²) in [6.45, 7) is 0. The predicted octanol–water partition coefficient (Wildman–Crippen LogP) is 2.82. The monoisotopic (exact) mass is 311 g/mol. The number of benzene rings is 1. The molecule has 0 atom stereocenters. The summed E-state index contributed by atoms with van der Waals surface area (Å²) in [5.41, 5.74) is -1.10. The number of halogens is 1. The topological polar surface area (TPSA) is 66.4 Å². The van der Waals surface area contributed by atoms with E-state index in [0.29, 0.717) is 23.5 Å². The lowest BCUT2D eigenvalue weighted by atomic mass is 9.98. The van der Waals surface area contributed by atoms with Crippen molar-refractivity contribution in [1.29, 1.82) is 0 Å². The Morgan fingerprint density at radius 3 is 2.57 bits per heavy atom. The van der Waals surface area contributed by atoms with E-state index in [2.05, 4.69) is 5.32 Å². The summed E-state index contributed by atoms with van der Waals surface area (Å²) in [5.74, 6) is -1.14. The van der Waals surface area contributed by atoms with Crippen LogP contribution in [0.3, 0.4) is 0 Å². The van der Waals surface area contributed by atoms with Crippen LogP contribution in [0.5, 0.6) is 0 Å². The van der Waals surface area contributed by atoms with Crippen molar-refractivity contribution >= 4 is 23.6 Å². The molecule has 1 fully saturated rings. The van der Waals surface area contributed by atoms with Crippen LogP contribution < -0.4 is 5.32 Å². The van der Waals surface area contributed by atoms with E-state index in [1.165, 1.54) is 17.8 Å². The molecule has 1 saturated carbocycles. The second-order valence-electron chi connectivity index (χ2n) is 5.17. The molecule has 1 aromatic rings. The molecular formula is C15H18FNO3S. The van der Waals surface area contributed by atoms with Crippen molar-refractivity contribution < 1.29 is 19.1 Å². The molecule has 0 aromatic heterocycles. The number of carboxylic acids is 1. The Kier molecular flexibility index (Phi) is 5.22. The van der Waals surface area contributed by atoms with Gasteiger partial charge in [0.15, 0.2) is 0 Å². The van der Waals surface area contributed by atoms with Gasteiger partial charge in [0.2, 0.25) is 5.91 Å². The average molecular weight is 311 g/mol. The Balaban J connectivity index is 1.82. The van der Waals surface area contributed by atoms with E-state index in [1.807, 2.05) is 0 Å². The number of rotatable bonds is 6. The van der Waals surface area contributed by atoms with Gasteiger partial charge in [0.1, 0.15) is 11.4 Å². The predicted molar refractivity (Wildman–Crippen MR) is 78.7 cm³/mol. The highest BCUT2D eigenvalue weighted by Crippen LogP contribution is 2.30.